The largest absolute Gasteiger partial charge is 0.507 e. The number of aliphatic hydroxyl groups excluding tert-OH is 1. The average Bonchev–Trinajstić information content (AvgIpc) is 3.55. The van der Waals surface area contributed by atoms with Gasteiger partial charge in [0.05, 0.1) is 24.4 Å². The normalized spacial score (nSPS) is 20.1. The lowest BCUT2D eigenvalue weighted by molar-refractivity contribution is -0.132. The fraction of sp³-hybridized carbons (Fsp3) is 0.310. The van der Waals surface area contributed by atoms with Crippen LogP contribution < -0.4 is 9.64 Å². The Morgan fingerprint density at radius 2 is 1.89 bits per heavy atom. The number of hydrogen-bond donors (Lipinski definition) is 1. The summed E-state index contributed by atoms with van der Waals surface area (Å²) in [4.78, 5) is 45.1. The first-order valence-corrected chi connectivity index (χ1v) is 13.2. The zero-order valence-electron chi connectivity index (χ0n) is 21.8. The molecule has 196 valence electrons. The van der Waals surface area contributed by atoms with Crippen LogP contribution in [0.5, 0.6) is 5.75 Å². The molecule has 5 rings (SSSR count). The fourth-order valence-corrected chi connectivity index (χ4v) is 5.91. The number of anilines is 1. The summed E-state index contributed by atoms with van der Waals surface area (Å²) < 4.78 is 10.6. The number of esters is 1. The van der Waals surface area contributed by atoms with Crippen molar-refractivity contribution in [1.29, 1.82) is 0 Å². The van der Waals surface area contributed by atoms with Crippen molar-refractivity contribution in [2.75, 3.05) is 12.0 Å². The smallest absolute Gasteiger partial charge is 0.350 e. The van der Waals surface area contributed by atoms with Crippen molar-refractivity contribution in [1.82, 2.24) is 4.98 Å². The lowest BCUT2D eigenvalue weighted by atomic mass is 9.93. The van der Waals surface area contributed by atoms with Gasteiger partial charge in [0, 0.05) is 12.0 Å². The molecule has 38 heavy (non-hydrogen) atoms. The van der Waals surface area contributed by atoms with E-state index in [1.807, 2.05) is 31.2 Å². The van der Waals surface area contributed by atoms with E-state index >= 15 is 0 Å². The summed E-state index contributed by atoms with van der Waals surface area (Å²) in [5.41, 5.74) is 3.44. The molecule has 0 radical (unpaired) electrons. The Balaban J connectivity index is 1.68. The quantitative estimate of drug-likeness (QED) is 0.205. The highest BCUT2D eigenvalue weighted by molar-refractivity contribution is 7.17. The van der Waals surface area contributed by atoms with E-state index < -0.39 is 23.7 Å². The second-order valence-electron chi connectivity index (χ2n) is 9.85. The van der Waals surface area contributed by atoms with E-state index in [2.05, 4.69) is 18.8 Å². The van der Waals surface area contributed by atoms with Gasteiger partial charge in [0.2, 0.25) is 0 Å². The molecule has 0 bridgehead atoms. The fourth-order valence-electron chi connectivity index (χ4n) is 4.90. The molecule has 2 aliphatic heterocycles. The predicted molar refractivity (Wildman–Crippen MR) is 144 cm³/mol. The standard InChI is InChI=1S/C29H28N2O6S/c1-14(2)17-6-8-18(9-7-17)23-22(24(32)19-10-11-21-20(13-19)12-15(3)37-21)25(33)27(34)31(23)29-30-16(4)26(38-29)28(35)36-5/h6-11,13-15,23,32H,12H2,1-5H3/b24-22-. The number of fused-ring (bicyclic) bond motifs is 1. The number of hydrogen-bond acceptors (Lipinski definition) is 8. The summed E-state index contributed by atoms with van der Waals surface area (Å²) in [6.45, 7) is 7.76. The number of Topliss-reactive ketones (excluding diaryl/α,β-unsaturated/α-hetero) is 1. The number of aryl methyl sites for hydroxylation is 1. The van der Waals surface area contributed by atoms with Gasteiger partial charge in [-0.1, -0.05) is 49.4 Å². The Labute approximate surface area is 224 Å². The number of benzene rings is 2. The van der Waals surface area contributed by atoms with E-state index in [0.717, 1.165) is 28.2 Å². The summed E-state index contributed by atoms with van der Waals surface area (Å²) in [5.74, 6) is -1.46. The molecule has 2 aliphatic rings. The van der Waals surface area contributed by atoms with Gasteiger partial charge in [-0.25, -0.2) is 9.78 Å². The van der Waals surface area contributed by atoms with Crippen LogP contribution in [0.4, 0.5) is 5.13 Å². The van der Waals surface area contributed by atoms with Crippen molar-refractivity contribution in [2.24, 2.45) is 0 Å². The first-order chi connectivity index (χ1) is 18.1. The molecule has 1 amide bonds. The Kier molecular flexibility index (Phi) is 6.56. The van der Waals surface area contributed by atoms with Gasteiger partial charge >= 0.3 is 11.9 Å². The molecule has 8 nitrogen and oxygen atoms in total. The van der Waals surface area contributed by atoms with Crippen LogP contribution in [0.25, 0.3) is 5.76 Å². The van der Waals surface area contributed by atoms with Crippen LogP contribution in [0, 0.1) is 6.92 Å². The number of ketones is 1. The second kappa shape index (κ2) is 9.72. The van der Waals surface area contributed by atoms with Crippen molar-refractivity contribution in [3.8, 4) is 5.75 Å². The molecular formula is C29H28N2O6S. The lowest BCUT2D eigenvalue weighted by Crippen LogP contribution is -2.29. The number of amides is 1. The Morgan fingerprint density at radius 3 is 2.55 bits per heavy atom. The van der Waals surface area contributed by atoms with E-state index in [1.165, 1.54) is 12.0 Å². The first kappa shape index (κ1) is 25.7. The van der Waals surface area contributed by atoms with Crippen molar-refractivity contribution in [3.05, 3.63) is 80.9 Å². The topological polar surface area (TPSA) is 106 Å². The predicted octanol–water partition coefficient (Wildman–Crippen LogP) is 5.31. The van der Waals surface area contributed by atoms with Crippen LogP contribution in [0.15, 0.2) is 48.0 Å². The second-order valence-corrected chi connectivity index (χ2v) is 10.8. The maximum atomic E-state index is 13.5. The highest BCUT2D eigenvalue weighted by Crippen LogP contribution is 2.44. The number of carbonyl (C=O) groups is 3. The molecule has 2 atom stereocenters. The van der Waals surface area contributed by atoms with Gasteiger partial charge in [-0.2, -0.15) is 0 Å². The minimum atomic E-state index is -0.935. The van der Waals surface area contributed by atoms with Crippen LogP contribution in [0.3, 0.4) is 0 Å². The Morgan fingerprint density at radius 1 is 1.18 bits per heavy atom. The number of ether oxygens (including phenoxy) is 2. The summed E-state index contributed by atoms with van der Waals surface area (Å²) >= 11 is 0.974. The van der Waals surface area contributed by atoms with Crippen LogP contribution in [-0.4, -0.2) is 41.0 Å². The molecule has 0 aliphatic carbocycles. The monoisotopic (exact) mass is 532 g/mol. The van der Waals surface area contributed by atoms with Gasteiger partial charge in [-0.05, 0) is 54.7 Å². The SMILES string of the molecule is COC(=O)c1sc(N2C(=O)C(=O)/C(=C(\O)c3ccc4c(c3)CC(C)O4)C2c2ccc(C(C)C)cc2)nc1C. The van der Waals surface area contributed by atoms with E-state index in [0.29, 0.717) is 23.2 Å². The molecule has 1 fully saturated rings. The number of nitrogens with zero attached hydrogens (tertiary/aromatic N) is 2. The molecule has 1 N–H and O–H groups in total. The molecular weight excluding hydrogens is 504 g/mol. The maximum absolute atomic E-state index is 13.5. The van der Waals surface area contributed by atoms with E-state index in [4.69, 9.17) is 9.47 Å². The molecule has 2 aromatic carbocycles. The molecule has 3 heterocycles. The summed E-state index contributed by atoms with van der Waals surface area (Å²) in [7, 11) is 1.27. The number of aromatic nitrogens is 1. The molecule has 3 aromatic rings. The molecule has 0 spiro atoms. The molecule has 1 aromatic heterocycles. The van der Waals surface area contributed by atoms with Gasteiger partial charge in [0.1, 0.15) is 22.5 Å². The van der Waals surface area contributed by atoms with Gasteiger partial charge in [0.15, 0.2) is 5.13 Å². The summed E-state index contributed by atoms with van der Waals surface area (Å²) in [6, 6.07) is 11.9. The zero-order chi connectivity index (χ0) is 27.3. The molecule has 2 unspecified atom stereocenters. The summed E-state index contributed by atoms with van der Waals surface area (Å²) in [5, 5.41) is 11.7. The van der Waals surface area contributed by atoms with Crippen molar-refractivity contribution in [2.45, 2.75) is 52.2 Å². The van der Waals surface area contributed by atoms with E-state index in [1.54, 1.807) is 25.1 Å². The van der Waals surface area contributed by atoms with Crippen molar-refractivity contribution < 1.29 is 29.0 Å². The van der Waals surface area contributed by atoms with Gasteiger partial charge < -0.3 is 14.6 Å². The third kappa shape index (κ3) is 4.26. The minimum Gasteiger partial charge on any atom is -0.507 e. The minimum absolute atomic E-state index is 0.0181. The van der Waals surface area contributed by atoms with Crippen molar-refractivity contribution >= 4 is 39.9 Å². The van der Waals surface area contributed by atoms with Crippen LogP contribution in [0.1, 0.15) is 70.4 Å². The van der Waals surface area contributed by atoms with Gasteiger partial charge in [0.25, 0.3) is 5.78 Å². The number of carbonyl (C=O) groups excluding carboxylic acids is 3. The van der Waals surface area contributed by atoms with Gasteiger partial charge in [-0.15, -0.1) is 0 Å². The maximum Gasteiger partial charge on any atom is 0.350 e. The highest BCUT2D eigenvalue weighted by Gasteiger charge is 2.48. The van der Waals surface area contributed by atoms with Gasteiger partial charge in [-0.3, -0.25) is 14.5 Å². The number of thiazole rings is 1. The van der Waals surface area contributed by atoms with Crippen LogP contribution in [-0.2, 0) is 20.7 Å². The number of methoxy groups -OCH3 is 1. The molecule has 1 saturated heterocycles. The number of aliphatic hydroxyl groups is 1. The van der Waals surface area contributed by atoms with E-state index in [-0.39, 0.29) is 33.4 Å². The molecule has 0 saturated carbocycles. The number of rotatable bonds is 5. The van der Waals surface area contributed by atoms with Crippen LogP contribution in [0.2, 0.25) is 0 Å². The Hall–Kier alpha value is -3.98. The Bertz CT molecular complexity index is 1490. The lowest BCUT2D eigenvalue weighted by Gasteiger charge is -2.23. The third-order valence-corrected chi connectivity index (χ3v) is 8.03. The first-order valence-electron chi connectivity index (χ1n) is 12.4. The highest BCUT2D eigenvalue weighted by atomic mass is 32.1. The molecule has 9 heteroatoms. The van der Waals surface area contributed by atoms with Crippen LogP contribution >= 0.6 is 11.3 Å². The van der Waals surface area contributed by atoms with Crippen molar-refractivity contribution in [3.63, 3.8) is 0 Å². The summed E-state index contributed by atoms with van der Waals surface area (Å²) in [6.07, 6.45) is 0.698. The average molecular weight is 533 g/mol. The zero-order valence-corrected chi connectivity index (χ0v) is 22.6. The third-order valence-electron chi connectivity index (χ3n) is 6.89. The van der Waals surface area contributed by atoms with E-state index in [9.17, 15) is 19.5 Å².